The number of thiazole rings is 1. The van der Waals surface area contributed by atoms with Gasteiger partial charge < -0.3 is 15.3 Å². The van der Waals surface area contributed by atoms with Crippen LogP contribution in [-0.4, -0.2) is 35.8 Å². The second-order valence-electron chi connectivity index (χ2n) is 4.27. The molecule has 2 N–H and O–H groups in total. The van der Waals surface area contributed by atoms with Gasteiger partial charge in [-0.2, -0.15) is 0 Å². The Morgan fingerprint density at radius 2 is 2.35 bits per heavy atom. The molecule has 1 aliphatic heterocycles. The van der Waals surface area contributed by atoms with E-state index in [1.54, 1.807) is 11.3 Å². The number of hydrogen-bond donors (Lipinski definition) is 2. The summed E-state index contributed by atoms with van der Waals surface area (Å²) in [5, 5.41) is 14.0. The van der Waals surface area contributed by atoms with E-state index in [2.05, 4.69) is 15.2 Å². The van der Waals surface area contributed by atoms with E-state index in [1.807, 2.05) is 11.6 Å². The van der Waals surface area contributed by atoms with Crippen molar-refractivity contribution < 1.29 is 9.90 Å². The van der Waals surface area contributed by atoms with E-state index in [4.69, 9.17) is 5.11 Å². The molecule has 94 valence electrons. The molecule has 17 heavy (non-hydrogen) atoms. The van der Waals surface area contributed by atoms with Crippen LogP contribution in [0.5, 0.6) is 0 Å². The van der Waals surface area contributed by atoms with Crippen LogP contribution in [0.4, 0.5) is 9.93 Å². The lowest BCUT2D eigenvalue weighted by molar-refractivity contribution is 0.193. The summed E-state index contributed by atoms with van der Waals surface area (Å²) in [5.41, 5.74) is 0. The largest absolute Gasteiger partial charge is 0.465 e. The molecule has 0 atom stereocenters. The zero-order valence-electron chi connectivity index (χ0n) is 9.63. The number of nitrogens with one attached hydrogen (secondary N) is 1. The third kappa shape index (κ3) is 3.59. The van der Waals surface area contributed by atoms with Crippen molar-refractivity contribution in [3.63, 3.8) is 0 Å². The topological polar surface area (TPSA) is 65.5 Å². The van der Waals surface area contributed by atoms with Gasteiger partial charge in [-0.1, -0.05) is 0 Å². The third-order valence-electron chi connectivity index (χ3n) is 3.13. The fraction of sp³-hybridized carbons (Fsp3) is 0.636. The van der Waals surface area contributed by atoms with Crippen molar-refractivity contribution in [3.8, 4) is 0 Å². The lowest BCUT2D eigenvalue weighted by atomic mass is 9.94. The number of hydrogen-bond acceptors (Lipinski definition) is 4. The predicted octanol–water partition coefficient (Wildman–Crippen LogP) is 2.02. The maximum absolute atomic E-state index is 10.3. The van der Waals surface area contributed by atoms with Gasteiger partial charge in [0.25, 0.3) is 0 Å². The number of piperidine rings is 1. The average molecular weight is 255 g/mol. The van der Waals surface area contributed by atoms with Gasteiger partial charge in [0.1, 0.15) is 0 Å². The first-order valence-corrected chi connectivity index (χ1v) is 6.75. The molecule has 1 saturated heterocycles. The highest BCUT2D eigenvalue weighted by molar-refractivity contribution is 7.13. The summed E-state index contributed by atoms with van der Waals surface area (Å²) in [7, 11) is 0. The summed E-state index contributed by atoms with van der Waals surface area (Å²) in [4.78, 5) is 16.9. The van der Waals surface area contributed by atoms with Crippen LogP contribution in [0.15, 0.2) is 11.6 Å². The van der Waals surface area contributed by atoms with Crippen molar-refractivity contribution in [1.82, 2.24) is 10.3 Å². The molecule has 0 aromatic carbocycles. The molecular formula is C11H17N3O2S. The van der Waals surface area contributed by atoms with Crippen LogP contribution >= 0.6 is 11.3 Å². The maximum atomic E-state index is 10.3. The van der Waals surface area contributed by atoms with Crippen molar-refractivity contribution in [2.24, 2.45) is 5.92 Å². The quantitative estimate of drug-likeness (QED) is 0.864. The Morgan fingerprint density at radius 1 is 1.59 bits per heavy atom. The van der Waals surface area contributed by atoms with Crippen LogP contribution in [0.1, 0.15) is 19.3 Å². The first kappa shape index (κ1) is 12.2. The number of rotatable bonds is 4. The summed E-state index contributed by atoms with van der Waals surface area (Å²) in [6.45, 7) is 2.63. The van der Waals surface area contributed by atoms with Gasteiger partial charge in [-0.15, -0.1) is 11.3 Å². The maximum Gasteiger partial charge on any atom is 0.404 e. The number of amides is 1. The molecule has 6 heteroatoms. The van der Waals surface area contributed by atoms with Crippen LogP contribution < -0.4 is 10.2 Å². The molecule has 2 heterocycles. The normalized spacial score (nSPS) is 17.1. The van der Waals surface area contributed by atoms with Gasteiger partial charge in [0.05, 0.1) is 0 Å². The number of carboxylic acid groups (broad SMARTS) is 1. The zero-order valence-corrected chi connectivity index (χ0v) is 10.4. The number of aromatic nitrogens is 1. The van der Waals surface area contributed by atoms with E-state index in [-0.39, 0.29) is 0 Å². The molecule has 1 aromatic rings. The van der Waals surface area contributed by atoms with E-state index in [0.29, 0.717) is 12.5 Å². The molecule has 1 fully saturated rings. The summed E-state index contributed by atoms with van der Waals surface area (Å²) in [6.07, 6.45) is 4.10. The Bertz CT molecular complexity index is 348. The molecule has 0 aliphatic carbocycles. The fourth-order valence-electron chi connectivity index (χ4n) is 2.17. The molecule has 1 aromatic heterocycles. The van der Waals surface area contributed by atoms with E-state index >= 15 is 0 Å². The molecule has 0 saturated carbocycles. The van der Waals surface area contributed by atoms with Gasteiger partial charge in [-0.3, -0.25) is 0 Å². The van der Waals surface area contributed by atoms with Crippen molar-refractivity contribution in [2.45, 2.75) is 19.3 Å². The smallest absolute Gasteiger partial charge is 0.404 e. The first-order chi connectivity index (χ1) is 8.25. The molecule has 0 unspecified atom stereocenters. The summed E-state index contributed by atoms with van der Waals surface area (Å²) < 4.78 is 0. The molecule has 1 amide bonds. The van der Waals surface area contributed by atoms with Gasteiger partial charge >= 0.3 is 6.09 Å². The predicted molar refractivity (Wildman–Crippen MR) is 67.7 cm³/mol. The van der Waals surface area contributed by atoms with Crippen LogP contribution in [0.3, 0.4) is 0 Å². The second-order valence-corrected chi connectivity index (χ2v) is 5.14. The summed E-state index contributed by atoms with van der Waals surface area (Å²) in [6, 6.07) is 0. The number of carbonyl (C=O) groups is 1. The van der Waals surface area contributed by atoms with E-state index in [1.165, 1.54) is 0 Å². The molecule has 0 spiro atoms. The fourth-order valence-corrected chi connectivity index (χ4v) is 2.87. The SMILES string of the molecule is O=C(O)NCCC1CCN(c2nccs2)CC1. The van der Waals surface area contributed by atoms with Gasteiger partial charge in [-0.25, -0.2) is 9.78 Å². The van der Waals surface area contributed by atoms with E-state index < -0.39 is 6.09 Å². The Labute approximate surface area is 104 Å². The van der Waals surface area contributed by atoms with Gasteiger partial charge in [0.2, 0.25) is 0 Å². The highest BCUT2D eigenvalue weighted by Crippen LogP contribution is 2.26. The Balaban J connectivity index is 1.69. The Kier molecular flexibility index (Phi) is 4.19. The monoisotopic (exact) mass is 255 g/mol. The molecule has 2 rings (SSSR count). The minimum Gasteiger partial charge on any atom is -0.465 e. The van der Waals surface area contributed by atoms with Crippen LogP contribution in [0.25, 0.3) is 0 Å². The van der Waals surface area contributed by atoms with Crippen LogP contribution in [-0.2, 0) is 0 Å². The number of anilines is 1. The second kappa shape index (κ2) is 5.86. The number of nitrogens with zero attached hydrogens (tertiary/aromatic N) is 2. The summed E-state index contributed by atoms with van der Waals surface area (Å²) in [5.74, 6) is 0.637. The third-order valence-corrected chi connectivity index (χ3v) is 3.97. The van der Waals surface area contributed by atoms with Gasteiger partial charge in [0, 0.05) is 31.2 Å². The standard InChI is InChI=1S/C11H17N3O2S/c15-11(16)13-4-1-9-2-6-14(7-3-9)10-12-5-8-17-10/h5,8-9,13H,1-4,6-7H2,(H,15,16). The van der Waals surface area contributed by atoms with Gasteiger partial charge in [-0.05, 0) is 25.2 Å². The van der Waals surface area contributed by atoms with Crippen molar-refractivity contribution >= 4 is 22.6 Å². The van der Waals surface area contributed by atoms with E-state index in [9.17, 15) is 4.79 Å². The minimum atomic E-state index is -0.926. The highest BCUT2D eigenvalue weighted by Gasteiger charge is 2.20. The van der Waals surface area contributed by atoms with Crippen molar-refractivity contribution in [1.29, 1.82) is 0 Å². The molecule has 0 radical (unpaired) electrons. The average Bonchev–Trinajstić information content (AvgIpc) is 2.83. The van der Waals surface area contributed by atoms with Crippen molar-refractivity contribution in [2.75, 3.05) is 24.5 Å². The minimum absolute atomic E-state index is 0.567. The lowest BCUT2D eigenvalue weighted by Crippen LogP contribution is -2.35. The molecular weight excluding hydrogens is 238 g/mol. The molecule has 5 nitrogen and oxygen atoms in total. The summed E-state index contributed by atoms with van der Waals surface area (Å²) >= 11 is 1.68. The zero-order chi connectivity index (χ0) is 12.1. The lowest BCUT2D eigenvalue weighted by Gasteiger charge is -2.31. The molecule has 0 bridgehead atoms. The van der Waals surface area contributed by atoms with Gasteiger partial charge in [0.15, 0.2) is 5.13 Å². The Morgan fingerprint density at radius 3 is 2.94 bits per heavy atom. The highest BCUT2D eigenvalue weighted by atomic mass is 32.1. The van der Waals surface area contributed by atoms with Crippen molar-refractivity contribution in [3.05, 3.63) is 11.6 Å². The van der Waals surface area contributed by atoms with E-state index in [0.717, 1.165) is 37.5 Å². The van der Waals surface area contributed by atoms with Crippen LogP contribution in [0.2, 0.25) is 0 Å². The first-order valence-electron chi connectivity index (χ1n) is 5.87. The Hall–Kier alpha value is -1.30. The molecule has 1 aliphatic rings. The van der Waals surface area contributed by atoms with Crippen LogP contribution in [0, 0.1) is 5.92 Å².